The Bertz CT molecular complexity index is 1080. The number of hydrogen-bond acceptors (Lipinski definition) is 5. The molecule has 0 amide bonds. The maximum absolute atomic E-state index is 14.1. The minimum Gasteiger partial charge on any atom is -0.496 e. The van der Waals surface area contributed by atoms with E-state index in [0.29, 0.717) is 35.5 Å². The maximum Gasteiger partial charge on any atom is 0.220 e. The van der Waals surface area contributed by atoms with E-state index in [9.17, 15) is 9.18 Å². The number of benzene rings is 2. The monoisotopic (exact) mass is 377 g/mol. The van der Waals surface area contributed by atoms with Crippen molar-refractivity contribution in [1.82, 2.24) is 9.97 Å². The second-order valence-electron chi connectivity index (χ2n) is 6.95. The smallest absolute Gasteiger partial charge is 0.220 e. The van der Waals surface area contributed by atoms with Gasteiger partial charge in [0.1, 0.15) is 11.6 Å². The third kappa shape index (κ3) is 3.11. The number of methoxy groups -OCH3 is 1. The minimum atomic E-state index is -0.338. The van der Waals surface area contributed by atoms with E-state index in [1.807, 2.05) is 24.3 Å². The first-order chi connectivity index (χ1) is 13.5. The Hall–Kier alpha value is -3.28. The maximum atomic E-state index is 14.1. The summed E-state index contributed by atoms with van der Waals surface area (Å²) in [6, 6.07) is 12.1. The van der Waals surface area contributed by atoms with Crippen molar-refractivity contribution in [3.63, 3.8) is 0 Å². The lowest BCUT2D eigenvalue weighted by molar-refractivity contribution is 0.0962. The number of halogens is 1. The number of aryl methyl sites for hydroxylation is 1. The van der Waals surface area contributed by atoms with Gasteiger partial charge in [0.2, 0.25) is 5.95 Å². The Kier molecular flexibility index (Phi) is 4.55. The molecule has 1 atom stereocenters. The normalized spacial score (nSPS) is 16.0. The van der Waals surface area contributed by atoms with Crippen LogP contribution in [0.4, 0.5) is 10.3 Å². The molecular formula is C22H20FN3O2. The number of ether oxygens (including phenoxy) is 1. The zero-order valence-electron chi connectivity index (χ0n) is 15.7. The van der Waals surface area contributed by atoms with Crippen LogP contribution < -0.4 is 10.5 Å². The number of carbonyl (C=O) groups is 1. The van der Waals surface area contributed by atoms with E-state index in [1.165, 1.54) is 12.1 Å². The van der Waals surface area contributed by atoms with Crippen LogP contribution in [0.5, 0.6) is 5.75 Å². The molecule has 1 aliphatic rings. The van der Waals surface area contributed by atoms with Gasteiger partial charge in [-0.3, -0.25) is 4.79 Å². The van der Waals surface area contributed by atoms with Crippen LogP contribution in [0.25, 0.3) is 11.1 Å². The van der Waals surface area contributed by atoms with Gasteiger partial charge < -0.3 is 10.5 Å². The number of nitrogens with zero attached hydrogens (tertiary/aromatic N) is 2. The fourth-order valence-corrected chi connectivity index (χ4v) is 4.00. The minimum absolute atomic E-state index is 0.0148. The van der Waals surface area contributed by atoms with E-state index in [0.717, 1.165) is 16.7 Å². The molecule has 142 valence electrons. The first kappa shape index (κ1) is 18.1. The summed E-state index contributed by atoms with van der Waals surface area (Å²) in [6.07, 6.45) is 0.858. The number of rotatable bonds is 3. The molecule has 3 aromatic rings. The summed E-state index contributed by atoms with van der Waals surface area (Å²) in [4.78, 5) is 21.2. The molecule has 2 aromatic carbocycles. The van der Waals surface area contributed by atoms with Crippen LogP contribution in [0.15, 0.2) is 42.5 Å². The number of anilines is 1. The topological polar surface area (TPSA) is 78.1 Å². The molecule has 0 saturated heterocycles. The van der Waals surface area contributed by atoms with Crippen LogP contribution >= 0.6 is 0 Å². The summed E-state index contributed by atoms with van der Waals surface area (Å²) in [7, 11) is 1.58. The third-order valence-corrected chi connectivity index (χ3v) is 5.18. The molecule has 6 heteroatoms. The van der Waals surface area contributed by atoms with E-state index in [4.69, 9.17) is 10.5 Å². The summed E-state index contributed by atoms with van der Waals surface area (Å²) in [5.74, 6) is 0.330. The average molecular weight is 377 g/mol. The molecule has 0 spiro atoms. The van der Waals surface area contributed by atoms with E-state index in [-0.39, 0.29) is 23.5 Å². The second-order valence-corrected chi connectivity index (χ2v) is 6.95. The van der Waals surface area contributed by atoms with Crippen LogP contribution in [0.3, 0.4) is 0 Å². The highest BCUT2D eigenvalue weighted by atomic mass is 19.1. The highest BCUT2D eigenvalue weighted by Crippen LogP contribution is 2.40. The van der Waals surface area contributed by atoms with Crippen molar-refractivity contribution in [2.24, 2.45) is 0 Å². The number of para-hydroxylation sites is 1. The number of Topliss-reactive ketones (excluding diaryl/α,β-unsaturated/α-hetero) is 1. The first-order valence-corrected chi connectivity index (χ1v) is 9.07. The van der Waals surface area contributed by atoms with Crippen LogP contribution in [-0.2, 0) is 6.42 Å². The molecule has 1 heterocycles. The molecule has 2 N–H and O–H groups in total. The Labute approximate surface area is 162 Å². The Morgan fingerprint density at radius 2 is 1.89 bits per heavy atom. The van der Waals surface area contributed by atoms with Gasteiger partial charge in [-0.1, -0.05) is 24.3 Å². The number of carbonyl (C=O) groups excluding carboxylic acids is 1. The highest BCUT2D eigenvalue weighted by Gasteiger charge is 2.31. The molecular weight excluding hydrogens is 357 g/mol. The molecule has 5 nitrogen and oxygen atoms in total. The molecule has 1 aliphatic carbocycles. The number of ketones is 1. The van der Waals surface area contributed by atoms with Crippen LogP contribution in [0.1, 0.15) is 39.6 Å². The quantitative estimate of drug-likeness (QED) is 0.744. The SMILES string of the molecule is COc1ccccc1-c1cc(F)ccc1C1CC(=O)c2c(C)nc(N)nc2C1. The summed E-state index contributed by atoms with van der Waals surface area (Å²) >= 11 is 0. The number of fused-ring (bicyclic) bond motifs is 1. The van der Waals surface area contributed by atoms with Gasteiger partial charge in [0.05, 0.1) is 24.1 Å². The summed E-state index contributed by atoms with van der Waals surface area (Å²) in [5, 5.41) is 0. The standard InChI is InChI=1S/C22H20FN3O2/c1-12-21-18(26-22(24)25-12)9-13(10-19(21)27)15-8-7-14(23)11-17(15)16-5-3-4-6-20(16)28-2/h3-8,11,13H,9-10H2,1-2H3,(H2,24,25,26). The molecule has 4 rings (SSSR count). The summed E-state index contributed by atoms with van der Waals surface area (Å²) < 4.78 is 19.6. The van der Waals surface area contributed by atoms with E-state index in [1.54, 1.807) is 20.1 Å². The van der Waals surface area contributed by atoms with E-state index in [2.05, 4.69) is 9.97 Å². The van der Waals surface area contributed by atoms with Gasteiger partial charge in [-0.25, -0.2) is 14.4 Å². The van der Waals surface area contributed by atoms with Gasteiger partial charge in [-0.15, -0.1) is 0 Å². The molecule has 1 aromatic heterocycles. The van der Waals surface area contributed by atoms with Crippen molar-refractivity contribution in [3.05, 3.63) is 70.8 Å². The zero-order chi connectivity index (χ0) is 19.8. The van der Waals surface area contributed by atoms with E-state index >= 15 is 0 Å². The molecule has 0 radical (unpaired) electrons. The van der Waals surface area contributed by atoms with Crippen molar-refractivity contribution in [2.75, 3.05) is 12.8 Å². The van der Waals surface area contributed by atoms with Crippen LogP contribution in [-0.4, -0.2) is 22.9 Å². The predicted molar refractivity (Wildman–Crippen MR) is 105 cm³/mol. The number of nitrogen functional groups attached to an aromatic ring is 1. The second kappa shape index (κ2) is 7.03. The number of hydrogen-bond donors (Lipinski definition) is 1. The predicted octanol–water partition coefficient (Wildman–Crippen LogP) is 4.09. The van der Waals surface area contributed by atoms with Gasteiger partial charge >= 0.3 is 0 Å². The number of nitrogens with two attached hydrogens (primary N) is 1. The van der Waals surface area contributed by atoms with Crippen LogP contribution in [0.2, 0.25) is 0 Å². The van der Waals surface area contributed by atoms with Gasteiger partial charge in [-0.2, -0.15) is 0 Å². The molecule has 0 aliphatic heterocycles. The lowest BCUT2D eigenvalue weighted by Crippen LogP contribution is -2.23. The first-order valence-electron chi connectivity index (χ1n) is 9.07. The lowest BCUT2D eigenvalue weighted by Gasteiger charge is -2.26. The molecule has 0 fully saturated rings. The molecule has 1 unspecified atom stereocenters. The molecule has 28 heavy (non-hydrogen) atoms. The fraction of sp³-hybridized carbons (Fsp3) is 0.227. The Morgan fingerprint density at radius 3 is 2.68 bits per heavy atom. The Morgan fingerprint density at radius 1 is 1.11 bits per heavy atom. The van der Waals surface area contributed by atoms with Gasteiger partial charge in [0, 0.05) is 12.0 Å². The van der Waals surface area contributed by atoms with E-state index < -0.39 is 0 Å². The van der Waals surface area contributed by atoms with Crippen molar-refractivity contribution in [3.8, 4) is 16.9 Å². The largest absolute Gasteiger partial charge is 0.496 e. The highest BCUT2D eigenvalue weighted by molar-refractivity contribution is 6.00. The molecule has 0 saturated carbocycles. The zero-order valence-corrected chi connectivity index (χ0v) is 15.7. The fourth-order valence-electron chi connectivity index (χ4n) is 4.00. The number of aromatic nitrogens is 2. The summed E-state index contributed by atoms with van der Waals surface area (Å²) in [6.45, 7) is 1.77. The van der Waals surface area contributed by atoms with Gasteiger partial charge in [0.25, 0.3) is 0 Å². The van der Waals surface area contributed by atoms with Crippen molar-refractivity contribution < 1.29 is 13.9 Å². The van der Waals surface area contributed by atoms with Crippen molar-refractivity contribution in [2.45, 2.75) is 25.7 Å². The Balaban J connectivity index is 1.84. The van der Waals surface area contributed by atoms with Crippen LogP contribution in [0, 0.1) is 12.7 Å². The third-order valence-electron chi connectivity index (χ3n) is 5.18. The van der Waals surface area contributed by atoms with Gasteiger partial charge in [0.15, 0.2) is 5.78 Å². The summed E-state index contributed by atoms with van der Waals surface area (Å²) in [5.41, 5.74) is 10.0. The average Bonchev–Trinajstić information content (AvgIpc) is 2.66. The molecule has 0 bridgehead atoms. The lowest BCUT2D eigenvalue weighted by atomic mass is 9.78. The van der Waals surface area contributed by atoms with Gasteiger partial charge in [-0.05, 0) is 48.6 Å². The van der Waals surface area contributed by atoms with Crippen molar-refractivity contribution >= 4 is 11.7 Å². The van der Waals surface area contributed by atoms with Crippen molar-refractivity contribution in [1.29, 1.82) is 0 Å².